The number of likely N-dealkylation sites (tertiary alicyclic amines) is 1. The van der Waals surface area contributed by atoms with Gasteiger partial charge in [-0.25, -0.2) is 0 Å². The zero-order valence-corrected chi connectivity index (χ0v) is 16.5. The first-order valence-corrected chi connectivity index (χ1v) is 10.7. The van der Waals surface area contributed by atoms with Gasteiger partial charge in [-0.3, -0.25) is 4.79 Å². The topological polar surface area (TPSA) is 23.6 Å². The molecule has 0 radical (unpaired) electrons. The van der Waals surface area contributed by atoms with Crippen LogP contribution in [0.25, 0.3) is 0 Å². The Morgan fingerprint density at radius 2 is 1.85 bits per heavy atom. The fourth-order valence-electron chi connectivity index (χ4n) is 5.43. The summed E-state index contributed by atoms with van der Waals surface area (Å²) in [4.78, 5) is 17.4. The molecule has 1 atom stereocenters. The lowest BCUT2D eigenvalue weighted by Crippen LogP contribution is -2.42. The molecule has 0 aromatic heterocycles. The van der Waals surface area contributed by atoms with Crippen molar-refractivity contribution >= 4 is 5.91 Å². The summed E-state index contributed by atoms with van der Waals surface area (Å²) in [5.41, 5.74) is 3.34. The predicted molar refractivity (Wildman–Crippen MR) is 106 cm³/mol. The van der Waals surface area contributed by atoms with Crippen LogP contribution in [-0.2, 0) is 10.2 Å². The van der Waals surface area contributed by atoms with Gasteiger partial charge in [0.1, 0.15) is 0 Å². The normalized spacial score (nSPS) is 24.6. The number of rotatable bonds is 6. The van der Waals surface area contributed by atoms with E-state index < -0.39 is 0 Å². The highest BCUT2D eigenvalue weighted by Crippen LogP contribution is 2.53. The van der Waals surface area contributed by atoms with Gasteiger partial charge < -0.3 is 9.80 Å². The Morgan fingerprint density at radius 3 is 2.50 bits per heavy atom. The zero-order valence-electron chi connectivity index (χ0n) is 16.5. The minimum atomic E-state index is 0.324. The summed E-state index contributed by atoms with van der Waals surface area (Å²) < 4.78 is 0. The Bertz CT molecular complexity index is 639. The molecule has 2 fully saturated rings. The number of carbonyl (C=O) groups is 1. The molecule has 3 aliphatic rings. The highest BCUT2D eigenvalue weighted by Gasteiger charge is 2.46. The van der Waals surface area contributed by atoms with Crippen LogP contribution in [0.2, 0.25) is 0 Å². The van der Waals surface area contributed by atoms with Gasteiger partial charge in [0.25, 0.3) is 0 Å². The Labute approximate surface area is 158 Å². The molecule has 1 spiro atoms. The Hall–Kier alpha value is -1.35. The number of hydrogen-bond acceptors (Lipinski definition) is 2. The van der Waals surface area contributed by atoms with Gasteiger partial charge in [-0.05, 0) is 87.4 Å². The van der Waals surface area contributed by atoms with Crippen molar-refractivity contribution in [2.24, 2.45) is 5.92 Å². The average Bonchev–Trinajstić information content (AvgIpc) is 3.43. The molecule has 3 nitrogen and oxygen atoms in total. The maximum Gasteiger partial charge on any atom is 0.223 e. The van der Waals surface area contributed by atoms with E-state index in [0.717, 1.165) is 19.0 Å². The maximum absolute atomic E-state index is 12.7. The average molecular weight is 355 g/mol. The molecule has 4 rings (SSSR count). The van der Waals surface area contributed by atoms with Crippen LogP contribution < -0.4 is 0 Å². The molecule has 0 bridgehead atoms. The summed E-state index contributed by atoms with van der Waals surface area (Å²) in [6.07, 6.45) is 7.29. The smallest absolute Gasteiger partial charge is 0.223 e. The number of carbonyl (C=O) groups excluding carboxylic acids is 1. The van der Waals surface area contributed by atoms with Crippen LogP contribution in [0.3, 0.4) is 0 Å². The van der Waals surface area contributed by atoms with E-state index in [1.54, 1.807) is 5.56 Å². The van der Waals surface area contributed by atoms with E-state index in [9.17, 15) is 4.79 Å². The van der Waals surface area contributed by atoms with Gasteiger partial charge >= 0.3 is 0 Å². The third kappa shape index (κ3) is 3.43. The molecule has 1 amide bonds. The van der Waals surface area contributed by atoms with Gasteiger partial charge in [0.2, 0.25) is 5.91 Å². The van der Waals surface area contributed by atoms with Crippen LogP contribution in [0.15, 0.2) is 24.3 Å². The molecular weight excluding hydrogens is 320 g/mol. The van der Waals surface area contributed by atoms with Gasteiger partial charge in [-0.15, -0.1) is 0 Å². The molecule has 26 heavy (non-hydrogen) atoms. The van der Waals surface area contributed by atoms with Gasteiger partial charge in [-0.2, -0.15) is 0 Å². The number of fused-ring (bicyclic) bond motifs is 2. The maximum atomic E-state index is 12.7. The molecule has 3 heteroatoms. The van der Waals surface area contributed by atoms with Crippen LogP contribution in [0, 0.1) is 5.92 Å². The summed E-state index contributed by atoms with van der Waals surface area (Å²) in [7, 11) is 0. The fourth-order valence-corrected chi connectivity index (χ4v) is 5.43. The second-order valence-electron chi connectivity index (χ2n) is 8.78. The molecule has 0 unspecified atom stereocenters. The van der Waals surface area contributed by atoms with Crippen molar-refractivity contribution < 1.29 is 4.79 Å². The van der Waals surface area contributed by atoms with Crippen LogP contribution >= 0.6 is 0 Å². The zero-order chi connectivity index (χ0) is 18.1. The second kappa shape index (κ2) is 7.34. The highest BCUT2D eigenvalue weighted by molar-refractivity contribution is 5.77. The van der Waals surface area contributed by atoms with E-state index >= 15 is 0 Å². The number of piperidine rings is 1. The number of amides is 1. The Kier molecular flexibility index (Phi) is 5.09. The summed E-state index contributed by atoms with van der Waals surface area (Å²) in [6, 6.07) is 9.01. The summed E-state index contributed by atoms with van der Waals surface area (Å²) in [6.45, 7) is 9.61. The van der Waals surface area contributed by atoms with Crippen LogP contribution in [-0.4, -0.2) is 48.4 Å². The van der Waals surface area contributed by atoms with Gasteiger partial charge in [-0.1, -0.05) is 24.3 Å². The second-order valence-corrected chi connectivity index (χ2v) is 8.78. The standard InChI is InChI=1S/C23H34N2O/c1-3-25(4-2)22(26)15-19-16-23(21-8-6-5-7-20(19)21)11-13-24(14-12-23)17-18-9-10-18/h5-8,18-19H,3-4,9-17H2,1-2H3/t19-/m0/s1. The third-order valence-electron chi connectivity index (χ3n) is 7.17. The molecule has 1 aromatic carbocycles. The monoisotopic (exact) mass is 354 g/mol. The first-order chi connectivity index (χ1) is 12.6. The minimum Gasteiger partial charge on any atom is -0.343 e. The minimum absolute atomic E-state index is 0.324. The van der Waals surface area contributed by atoms with Gasteiger partial charge in [0, 0.05) is 26.1 Å². The molecule has 1 aromatic rings. The van der Waals surface area contributed by atoms with Crippen LogP contribution in [0.1, 0.15) is 69.4 Å². The summed E-state index contributed by atoms with van der Waals surface area (Å²) in [5, 5.41) is 0. The van der Waals surface area contributed by atoms with E-state index in [2.05, 4.69) is 43.0 Å². The van der Waals surface area contributed by atoms with Gasteiger partial charge in [0.05, 0.1) is 0 Å². The van der Waals surface area contributed by atoms with Crippen molar-refractivity contribution in [1.29, 1.82) is 0 Å². The third-order valence-corrected chi connectivity index (χ3v) is 7.17. The SMILES string of the molecule is CCN(CC)C(=O)C[C@H]1CC2(CCN(CC3CC3)CC2)c2ccccc21. The molecule has 142 valence electrons. The van der Waals surface area contributed by atoms with E-state index in [0.29, 0.717) is 23.7 Å². The first-order valence-electron chi connectivity index (χ1n) is 10.7. The van der Waals surface area contributed by atoms with E-state index in [-0.39, 0.29) is 0 Å². The number of benzene rings is 1. The highest BCUT2D eigenvalue weighted by atomic mass is 16.2. The van der Waals surface area contributed by atoms with Crippen LogP contribution in [0.4, 0.5) is 0 Å². The predicted octanol–water partition coefficient (Wildman–Crippen LogP) is 4.18. The van der Waals surface area contributed by atoms with Crippen molar-refractivity contribution in [3.8, 4) is 0 Å². The largest absolute Gasteiger partial charge is 0.343 e. The molecular formula is C23H34N2O. The molecule has 0 N–H and O–H groups in total. The molecule has 1 saturated heterocycles. The lowest BCUT2D eigenvalue weighted by atomic mass is 9.73. The Morgan fingerprint density at radius 1 is 1.15 bits per heavy atom. The van der Waals surface area contributed by atoms with E-state index in [4.69, 9.17) is 0 Å². The van der Waals surface area contributed by atoms with Crippen molar-refractivity contribution in [1.82, 2.24) is 9.80 Å². The van der Waals surface area contributed by atoms with Crippen molar-refractivity contribution in [3.05, 3.63) is 35.4 Å². The lowest BCUT2D eigenvalue weighted by Gasteiger charge is -2.40. The van der Waals surface area contributed by atoms with Gasteiger partial charge in [0.15, 0.2) is 0 Å². The first kappa shape index (κ1) is 18.0. The molecule has 1 saturated carbocycles. The Balaban J connectivity index is 1.48. The lowest BCUT2D eigenvalue weighted by molar-refractivity contribution is -0.131. The van der Waals surface area contributed by atoms with Crippen molar-refractivity contribution in [2.75, 3.05) is 32.7 Å². The fraction of sp³-hybridized carbons (Fsp3) is 0.696. The molecule has 2 aliphatic carbocycles. The summed E-state index contributed by atoms with van der Waals surface area (Å²) >= 11 is 0. The summed E-state index contributed by atoms with van der Waals surface area (Å²) in [5.74, 6) is 1.73. The number of hydrogen-bond donors (Lipinski definition) is 0. The van der Waals surface area contributed by atoms with Crippen molar-refractivity contribution in [3.63, 3.8) is 0 Å². The van der Waals surface area contributed by atoms with E-state index in [1.807, 2.05) is 4.90 Å². The molecule has 1 aliphatic heterocycles. The molecule has 1 heterocycles. The van der Waals surface area contributed by atoms with Crippen molar-refractivity contribution in [2.45, 2.75) is 63.7 Å². The quantitative estimate of drug-likeness (QED) is 0.765. The number of nitrogens with zero attached hydrogens (tertiary/aromatic N) is 2. The van der Waals surface area contributed by atoms with Crippen LogP contribution in [0.5, 0.6) is 0 Å². The van der Waals surface area contributed by atoms with E-state index in [1.165, 1.54) is 57.3 Å².